The van der Waals surface area contributed by atoms with Crippen LogP contribution in [0.2, 0.25) is 0 Å². The zero-order valence-electron chi connectivity index (χ0n) is 10.8. The first-order valence-corrected chi connectivity index (χ1v) is 5.88. The van der Waals surface area contributed by atoms with Gasteiger partial charge in [0.1, 0.15) is 6.54 Å². The van der Waals surface area contributed by atoms with Crippen molar-refractivity contribution in [2.45, 2.75) is 26.8 Å². The molecule has 0 aliphatic heterocycles. The van der Waals surface area contributed by atoms with Gasteiger partial charge in [0.05, 0.1) is 0 Å². The lowest BCUT2D eigenvalue weighted by Crippen LogP contribution is -2.42. The molecule has 18 heavy (non-hydrogen) atoms. The van der Waals surface area contributed by atoms with Gasteiger partial charge in [0.15, 0.2) is 5.82 Å². The van der Waals surface area contributed by atoms with Gasteiger partial charge >= 0.3 is 0 Å². The van der Waals surface area contributed by atoms with Crippen molar-refractivity contribution >= 4 is 5.96 Å². The number of aliphatic imine (C=N–C) groups is 1. The Bertz CT molecular complexity index is 365. The van der Waals surface area contributed by atoms with Crippen molar-refractivity contribution in [2.24, 2.45) is 10.8 Å². The lowest BCUT2D eigenvalue weighted by atomic mass is 10.4. The van der Waals surface area contributed by atoms with Crippen molar-refractivity contribution in [2.75, 3.05) is 19.8 Å². The van der Waals surface area contributed by atoms with Gasteiger partial charge in [-0.15, -0.1) is 0 Å². The molecule has 0 atom stereocenters. The fourth-order valence-electron chi connectivity index (χ4n) is 1.23. The lowest BCUT2D eigenvalue weighted by Gasteiger charge is -2.08. The Morgan fingerprint density at radius 3 is 3.00 bits per heavy atom. The Morgan fingerprint density at radius 1 is 1.56 bits per heavy atom. The number of rotatable bonds is 7. The molecule has 4 N–H and O–H groups in total. The SMILES string of the molecule is CCOCCCNC(=NCc1noc(C)n1)NN. The number of hydrazine groups is 1. The summed E-state index contributed by atoms with van der Waals surface area (Å²) in [7, 11) is 0. The van der Waals surface area contributed by atoms with Crippen LogP contribution < -0.4 is 16.6 Å². The van der Waals surface area contributed by atoms with Gasteiger partial charge in [-0.2, -0.15) is 4.98 Å². The summed E-state index contributed by atoms with van der Waals surface area (Å²) in [6, 6.07) is 0. The maximum atomic E-state index is 5.34. The van der Waals surface area contributed by atoms with Crippen LogP contribution in [0.25, 0.3) is 0 Å². The Kier molecular flexibility index (Phi) is 6.74. The van der Waals surface area contributed by atoms with Crippen molar-refractivity contribution in [1.82, 2.24) is 20.9 Å². The Labute approximate surface area is 106 Å². The van der Waals surface area contributed by atoms with E-state index in [2.05, 4.69) is 25.9 Å². The number of ether oxygens (including phenoxy) is 1. The summed E-state index contributed by atoms with van der Waals surface area (Å²) in [5, 5.41) is 6.79. The fourth-order valence-corrected chi connectivity index (χ4v) is 1.23. The minimum Gasteiger partial charge on any atom is -0.382 e. The lowest BCUT2D eigenvalue weighted by molar-refractivity contribution is 0.145. The van der Waals surface area contributed by atoms with Crippen molar-refractivity contribution in [3.8, 4) is 0 Å². The van der Waals surface area contributed by atoms with E-state index in [1.54, 1.807) is 6.92 Å². The molecular weight excluding hydrogens is 236 g/mol. The molecule has 0 saturated carbocycles. The Morgan fingerprint density at radius 2 is 2.39 bits per heavy atom. The smallest absolute Gasteiger partial charge is 0.223 e. The van der Waals surface area contributed by atoms with Crippen molar-refractivity contribution in [3.05, 3.63) is 11.7 Å². The molecule has 0 amide bonds. The summed E-state index contributed by atoms with van der Waals surface area (Å²) in [5.41, 5.74) is 2.48. The summed E-state index contributed by atoms with van der Waals surface area (Å²) in [4.78, 5) is 8.22. The second kappa shape index (κ2) is 8.43. The number of aromatic nitrogens is 2. The van der Waals surface area contributed by atoms with Gasteiger partial charge in [0, 0.05) is 26.7 Å². The van der Waals surface area contributed by atoms with E-state index in [1.165, 1.54) is 0 Å². The largest absolute Gasteiger partial charge is 0.382 e. The molecule has 0 aromatic carbocycles. The molecule has 0 radical (unpaired) electrons. The van der Waals surface area contributed by atoms with Crippen molar-refractivity contribution in [1.29, 1.82) is 0 Å². The maximum Gasteiger partial charge on any atom is 0.223 e. The monoisotopic (exact) mass is 256 g/mol. The predicted molar refractivity (Wildman–Crippen MR) is 66.6 cm³/mol. The topological polar surface area (TPSA) is 111 Å². The Hall–Kier alpha value is -1.67. The quantitative estimate of drug-likeness (QED) is 0.202. The summed E-state index contributed by atoms with van der Waals surface area (Å²) >= 11 is 0. The minimum absolute atomic E-state index is 0.315. The number of guanidine groups is 1. The predicted octanol–water partition coefficient (Wildman–Crippen LogP) is -0.286. The van der Waals surface area contributed by atoms with Gasteiger partial charge in [0.25, 0.3) is 0 Å². The molecular formula is C10H20N6O2. The molecule has 1 aromatic heterocycles. The van der Waals surface area contributed by atoms with Gasteiger partial charge in [-0.25, -0.2) is 10.8 Å². The van der Waals surface area contributed by atoms with E-state index in [0.717, 1.165) is 19.6 Å². The second-order valence-electron chi connectivity index (χ2n) is 3.52. The van der Waals surface area contributed by atoms with E-state index in [9.17, 15) is 0 Å². The highest BCUT2D eigenvalue weighted by atomic mass is 16.5. The van der Waals surface area contributed by atoms with Crippen LogP contribution in [0.3, 0.4) is 0 Å². The highest BCUT2D eigenvalue weighted by Gasteiger charge is 2.01. The summed E-state index contributed by atoms with van der Waals surface area (Å²) < 4.78 is 10.1. The maximum absolute atomic E-state index is 5.34. The zero-order chi connectivity index (χ0) is 13.2. The number of aryl methyl sites for hydroxylation is 1. The minimum atomic E-state index is 0.315. The van der Waals surface area contributed by atoms with Crippen LogP contribution in [0.4, 0.5) is 0 Å². The molecule has 0 saturated heterocycles. The highest BCUT2D eigenvalue weighted by molar-refractivity contribution is 5.79. The zero-order valence-corrected chi connectivity index (χ0v) is 10.8. The Balaban J connectivity index is 2.27. The van der Waals surface area contributed by atoms with Gasteiger partial charge in [0.2, 0.25) is 11.9 Å². The average Bonchev–Trinajstić information content (AvgIpc) is 2.78. The number of nitrogens with two attached hydrogens (primary N) is 1. The first-order valence-electron chi connectivity index (χ1n) is 5.88. The third kappa shape index (κ3) is 5.60. The normalized spacial score (nSPS) is 11.6. The van der Waals surface area contributed by atoms with Crippen molar-refractivity contribution in [3.63, 3.8) is 0 Å². The molecule has 0 unspecified atom stereocenters. The van der Waals surface area contributed by atoms with E-state index < -0.39 is 0 Å². The highest BCUT2D eigenvalue weighted by Crippen LogP contribution is 1.96. The molecule has 0 bridgehead atoms. The molecule has 1 aromatic rings. The van der Waals surface area contributed by atoms with E-state index in [0.29, 0.717) is 30.8 Å². The van der Waals surface area contributed by atoms with Crippen LogP contribution in [-0.4, -0.2) is 35.9 Å². The number of nitrogens with one attached hydrogen (secondary N) is 2. The van der Waals surface area contributed by atoms with Gasteiger partial charge in [-0.1, -0.05) is 5.16 Å². The molecule has 0 aliphatic rings. The van der Waals surface area contributed by atoms with E-state index >= 15 is 0 Å². The molecule has 0 fully saturated rings. The molecule has 8 nitrogen and oxygen atoms in total. The molecule has 1 rings (SSSR count). The van der Waals surface area contributed by atoms with Gasteiger partial charge in [-0.05, 0) is 13.3 Å². The summed E-state index contributed by atoms with van der Waals surface area (Å²) in [6.45, 7) is 6.19. The van der Waals surface area contributed by atoms with Crippen LogP contribution in [0.5, 0.6) is 0 Å². The van der Waals surface area contributed by atoms with E-state index in [1.807, 2.05) is 6.92 Å². The van der Waals surface area contributed by atoms with Crippen LogP contribution in [-0.2, 0) is 11.3 Å². The van der Waals surface area contributed by atoms with Crippen LogP contribution in [0.15, 0.2) is 9.52 Å². The molecule has 0 aliphatic carbocycles. The number of hydrogen-bond donors (Lipinski definition) is 3. The molecule has 0 spiro atoms. The average molecular weight is 256 g/mol. The summed E-state index contributed by atoms with van der Waals surface area (Å²) in [5.74, 6) is 6.88. The van der Waals surface area contributed by atoms with Crippen LogP contribution in [0.1, 0.15) is 25.1 Å². The molecule has 102 valence electrons. The second-order valence-corrected chi connectivity index (χ2v) is 3.52. The third-order valence-corrected chi connectivity index (χ3v) is 2.05. The van der Waals surface area contributed by atoms with Gasteiger partial charge < -0.3 is 14.6 Å². The fraction of sp³-hybridized carbons (Fsp3) is 0.700. The van der Waals surface area contributed by atoms with Crippen LogP contribution in [0, 0.1) is 6.92 Å². The third-order valence-electron chi connectivity index (χ3n) is 2.05. The first kappa shape index (κ1) is 14.4. The van der Waals surface area contributed by atoms with Gasteiger partial charge in [-0.3, -0.25) is 5.43 Å². The standard InChI is InChI=1S/C10H20N6O2/c1-3-17-6-4-5-12-10(15-11)13-7-9-14-8(2)18-16-9/h3-7,11H2,1-2H3,(H2,12,13,15). The van der Waals surface area contributed by atoms with Crippen LogP contribution >= 0.6 is 0 Å². The molecule has 1 heterocycles. The van der Waals surface area contributed by atoms with E-state index in [-0.39, 0.29) is 0 Å². The van der Waals surface area contributed by atoms with Crippen molar-refractivity contribution < 1.29 is 9.26 Å². The van der Waals surface area contributed by atoms with E-state index in [4.69, 9.17) is 15.1 Å². The molecule has 8 heteroatoms. The number of hydrogen-bond acceptors (Lipinski definition) is 6. The number of nitrogens with zero attached hydrogens (tertiary/aromatic N) is 3. The summed E-state index contributed by atoms with van der Waals surface area (Å²) in [6.07, 6.45) is 0.885. The first-order chi connectivity index (χ1) is 8.76.